The standard InChI is InChI=1S/C15H15FN2O2/c16-11-3-1-10(2-4-11)7-8-18-15(20)13-9-12(19)5-6-14(13)17/h1-6,9,19H,7-8,17H2,(H,18,20). The molecule has 0 saturated carbocycles. The average Bonchev–Trinajstić information content (AvgIpc) is 2.43. The van der Waals surface area contributed by atoms with E-state index in [9.17, 15) is 14.3 Å². The number of nitrogen functional groups attached to an aromatic ring is 1. The Hall–Kier alpha value is -2.56. The molecule has 0 saturated heterocycles. The van der Waals surface area contributed by atoms with Crippen LogP contribution in [0.3, 0.4) is 0 Å². The molecule has 2 aromatic carbocycles. The molecule has 2 rings (SSSR count). The van der Waals surface area contributed by atoms with Crippen LogP contribution in [-0.2, 0) is 6.42 Å². The lowest BCUT2D eigenvalue weighted by Crippen LogP contribution is -2.26. The quantitative estimate of drug-likeness (QED) is 0.590. The number of nitrogens with two attached hydrogens (primary N) is 1. The second-order valence-electron chi connectivity index (χ2n) is 4.40. The summed E-state index contributed by atoms with van der Waals surface area (Å²) in [5.74, 6) is -0.645. The monoisotopic (exact) mass is 274 g/mol. The Balaban J connectivity index is 1.92. The minimum absolute atomic E-state index is 0.0112. The van der Waals surface area contributed by atoms with E-state index in [1.165, 1.54) is 30.3 Å². The molecule has 1 amide bonds. The van der Waals surface area contributed by atoms with Gasteiger partial charge in [0, 0.05) is 12.2 Å². The van der Waals surface area contributed by atoms with Crippen LogP contribution < -0.4 is 11.1 Å². The summed E-state index contributed by atoms with van der Waals surface area (Å²) in [5, 5.41) is 12.1. The molecule has 0 bridgehead atoms. The van der Waals surface area contributed by atoms with E-state index < -0.39 is 0 Å². The summed E-state index contributed by atoms with van der Waals surface area (Å²) in [6.07, 6.45) is 0.588. The maximum atomic E-state index is 12.7. The van der Waals surface area contributed by atoms with Gasteiger partial charge in [0.25, 0.3) is 5.91 Å². The molecule has 0 atom stereocenters. The first-order valence-corrected chi connectivity index (χ1v) is 6.17. The smallest absolute Gasteiger partial charge is 0.253 e. The van der Waals surface area contributed by atoms with Crippen LogP contribution in [0.4, 0.5) is 10.1 Å². The second kappa shape index (κ2) is 6.06. The number of phenolic OH excluding ortho intramolecular Hbond substituents is 1. The molecule has 0 aromatic heterocycles. The Bertz CT molecular complexity index is 612. The van der Waals surface area contributed by atoms with Crippen molar-refractivity contribution in [3.63, 3.8) is 0 Å². The number of halogens is 1. The molecule has 0 aliphatic carbocycles. The lowest BCUT2D eigenvalue weighted by molar-refractivity contribution is 0.0954. The zero-order chi connectivity index (χ0) is 14.5. The molecule has 0 fully saturated rings. The highest BCUT2D eigenvalue weighted by molar-refractivity contribution is 5.99. The molecule has 0 heterocycles. The number of anilines is 1. The summed E-state index contributed by atoms with van der Waals surface area (Å²) in [5.41, 5.74) is 7.15. The van der Waals surface area contributed by atoms with Crippen LogP contribution in [0.5, 0.6) is 5.75 Å². The van der Waals surface area contributed by atoms with E-state index in [0.717, 1.165) is 5.56 Å². The first kappa shape index (κ1) is 13.9. The zero-order valence-corrected chi connectivity index (χ0v) is 10.8. The summed E-state index contributed by atoms with van der Waals surface area (Å²) in [6.45, 7) is 0.402. The maximum absolute atomic E-state index is 12.7. The molecule has 0 aliphatic rings. The van der Waals surface area contributed by atoms with E-state index in [4.69, 9.17) is 5.73 Å². The van der Waals surface area contributed by atoms with E-state index in [2.05, 4.69) is 5.32 Å². The van der Waals surface area contributed by atoms with Crippen LogP contribution in [0.2, 0.25) is 0 Å². The lowest BCUT2D eigenvalue weighted by atomic mass is 10.1. The Morgan fingerprint density at radius 1 is 1.20 bits per heavy atom. The maximum Gasteiger partial charge on any atom is 0.253 e. The van der Waals surface area contributed by atoms with Gasteiger partial charge in [-0.1, -0.05) is 12.1 Å². The van der Waals surface area contributed by atoms with E-state index in [1.54, 1.807) is 12.1 Å². The van der Waals surface area contributed by atoms with Crippen LogP contribution in [0.15, 0.2) is 42.5 Å². The number of nitrogens with one attached hydrogen (secondary N) is 1. The molecule has 2 aromatic rings. The van der Waals surface area contributed by atoms with Gasteiger partial charge in [0.1, 0.15) is 11.6 Å². The van der Waals surface area contributed by atoms with Crippen LogP contribution >= 0.6 is 0 Å². The van der Waals surface area contributed by atoms with Crippen LogP contribution in [0, 0.1) is 5.82 Å². The van der Waals surface area contributed by atoms with Gasteiger partial charge < -0.3 is 16.2 Å². The molecular formula is C15H15FN2O2. The fraction of sp³-hybridized carbons (Fsp3) is 0.133. The molecule has 20 heavy (non-hydrogen) atoms. The average molecular weight is 274 g/mol. The Labute approximate surface area is 116 Å². The summed E-state index contributed by atoms with van der Waals surface area (Å²) in [6, 6.07) is 10.3. The third kappa shape index (κ3) is 3.47. The number of phenols is 1. The highest BCUT2D eigenvalue weighted by Crippen LogP contribution is 2.18. The van der Waals surface area contributed by atoms with Gasteiger partial charge in [-0.15, -0.1) is 0 Å². The first-order valence-electron chi connectivity index (χ1n) is 6.17. The molecule has 0 spiro atoms. The zero-order valence-electron chi connectivity index (χ0n) is 10.8. The number of benzene rings is 2. The molecule has 0 aliphatic heterocycles. The SMILES string of the molecule is Nc1ccc(O)cc1C(=O)NCCc1ccc(F)cc1. The first-order chi connectivity index (χ1) is 9.56. The predicted molar refractivity (Wildman–Crippen MR) is 75.0 cm³/mol. The van der Waals surface area contributed by atoms with Crippen molar-refractivity contribution in [3.05, 3.63) is 59.4 Å². The normalized spacial score (nSPS) is 10.2. The molecular weight excluding hydrogens is 259 g/mol. The van der Waals surface area contributed by atoms with Crippen LogP contribution in [0.25, 0.3) is 0 Å². The minimum Gasteiger partial charge on any atom is -0.508 e. The highest BCUT2D eigenvalue weighted by Gasteiger charge is 2.09. The number of rotatable bonds is 4. The Morgan fingerprint density at radius 3 is 2.60 bits per heavy atom. The van der Waals surface area contributed by atoms with Gasteiger partial charge in [0.15, 0.2) is 0 Å². The Kier molecular flexibility index (Phi) is 4.20. The number of amides is 1. The number of carbonyl (C=O) groups is 1. The lowest BCUT2D eigenvalue weighted by Gasteiger charge is -2.08. The van der Waals surface area contributed by atoms with Gasteiger partial charge in [-0.2, -0.15) is 0 Å². The number of aromatic hydroxyl groups is 1. The molecule has 104 valence electrons. The Morgan fingerprint density at radius 2 is 1.90 bits per heavy atom. The fourth-order valence-electron chi connectivity index (χ4n) is 1.81. The summed E-state index contributed by atoms with van der Waals surface area (Å²) in [7, 11) is 0. The van der Waals surface area contributed by atoms with E-state index in [1.807, 2.05) is 0 Å². The van der Waals surface area contributed by atoms with Crippen molar-refractivity contribution in [2.45, 2.75) is 6.42 Å². The molecule has 4 nitrogen and oxygen atoms in total. The van der Waals surface area contributed by atoms with Crippen molar-refractivity contribution in [2.24, 2.45) is 0 Å². The van der Waals surface area contributed by atoms with E-state index in [0.29, 0.717) is 18.7 Å². The summed E-state index contributed by atoms with van der Waals surface area (Å²) < 4.78 is 12.7. The van der Waals surface area contributed by atoms with Crippen LogP contribution in [-0.4, -0.2) is 17.6 Å². The van der Waals surface area contributed by atoms with Gasteiger partial charge in [-0.25, -0.2) is 4.39 Å². The molecule has 5 heteroatoms. The largest absolute Gasteiger partial charge is 0.508 e. The number of hydrogen-bond donors (Lipinski definition) is 3. The molecule has 0 unspecified atom stereocenters. The molecule has 4 N–H and O–H groups in total. The summed E-state index contributed by atoms with van der Waals surface area (Å²) >= 11 is 0. The van der Waals surface area contributed by atoms with Crippen molar-refractivity contribution in [1.82, 2.24) is 5.32 Å². The van der Waals surface area contributed by atoms with E-state index in [-0.39, 0.29) is 23.0 Å². The van der Waals surface area contributed by atoms with Gasteiger partial charge in [0.05, 0.1) is 5.56 Å². The topological polar surface area (TPSA) is 75.3 Å². The van der Waals surface area contributed by atoms with Gasteiger partial charge in [-0.3, -0.25) is 4.79 Å². The fourth-order valence-corrected chi connectivity index (χ4v) is 1.81. The van der Waals surface area contributed by atoms with Crippen molar-refractivity contribution in [3.8, 4) is 5.75 Å². The van der Waals surface area contributed by atoms with Crippen molar-refractivity contribution in [1.29, 1.82) is 0 Å². The third-order valence-electron chi connectivity index (χ3n) is 2.89. The van der Waals surface area contributed by atoms with Gasteiger partial charge in [0.2, 0.25) is 0 Å². The molecule has 0 radical (unpaired) electrons. The summed E-state index contributed by atoms with van der Waals surface area (Å²) in [4.78, 5) is 11.9. The van der Waals surface area contributed by atoms with Crippen molar-refractivity contribution < 1.29 is 14.3 Å². The van der Waals surface area contributed by atoms with E-state index >= 15 is 0 Å². The van der Waals surface area contributed by atoms with Crippen molar-refractivity contribution in [2.75, 3.05) is 12.3 Å². The van der Waals surface area contributed by atoms with Crippen LogP contribution in [0.1, 0.15) is 15.9 Å². The van der Waals surface area contributed by atoms with Gasteiger partial charge >= 0.3 is 0 Å². The minimum atomic E-state index is -0.347. The highest BCUT2D eigenvalue weighted by atomic mass is 19.1. The van der Waals surface area contributed by atoms with Gasteiger partial charge in [-0.05, 0) is 42.3 Å². The number of hydrogen-bond acceptors (Lipinski definition) is 3. The van der Waals surface area contributed by atoms with Crippen molar-refractivity contribution >= 4 is 11.6 Å². The number of carbonyl (C=O) groups excluding carboxylic acids is 1. The predicted octanol–water partition coefficient (Wildman–Crippen LogP) is 2.09. The second-order valence-corrected chi connectivity index (χ2v) is 4.40. The third-order valence-corrected chi connectivity index (χ3v) is 2.89.